The van der Waals surface area contributed by atoms with E-state index in [0.29, 0.717) is 12.9 Å². The van der Waals surface area contributed by atoms with E-state index in [1.807, 2.05) is 0 Å². The van der Waals surface area contributed by atoms with Crippen LogP contribution in [0.5, 0.6) is 0 Å². The molecule has 0 aliphatic heterocycles. The summed E-state index contributed by atoms with van der Waals surface area (Å²) in [5.41, 5.74) is 0. The fourth-order valence-electron chi connectivity index (χ4n) is 2.49. The van der Waals surface area contributed by atoms with E-state index < -0.39 is 0 Å². The molecular formula is C18H35O2. The largest absolute Gasteiger partial charge is 0.368 e. The van der Waals surface area contributed by atoms with Crippen LogP contribution in [-0.2, 0) is 9.53 Å². The van der Waals surface area contributed by atoms with Crippen molar-refractivity contribution in [1.29, 1.82) is 0 Å². The van der Waals surface area contributed by atoms with Crippen molar-refractivity contribution >= 4 is 6.29 Å². The third-order valence-electron chi connectivity index (χ3n) is 3.77. The maximum absolute atomic E-state index is 9.97. The quantitative estimate of drug-likeness (QED) is 0.247. The van der Waals surface area contributed by atoms with Gasteiger partial charge < -0.3 is 9.53 Å². The Balaban J connectivity index is 2.90. The number of aldehydes is 1. The second-order valence-corrected chi connectivity index (χ2v) is 5.74. The summed E-state index contributed by atoms with van der Waals surface area (Å²) in [4.78, 5) is 9.97. The van der Waals surface area contributed by atoms with Gasteiger partial charge in [0.1, 0.15) is 6.61 Å². The summed E-state index contributed by atoms with van der Waals surface area (Å²) < 4.78 is 5.00. The zero-order valence-corrected chi connectivity index (χ0v) is 13.6. The molecule has 0 amide bonds. The molecule has 2 heteroatoms. The minimum absolute atomic E-state index is 0.691. The van der Waals surface area contributed by atoms with Gasteiger partial charge in [-0.3, -0.25) is 0 Å². The summed E-state index contributed by atoms with van der Waals surface area (Å²) in [6.07, 6.45) is 19.8. The number of hydrogen-bond acceptors (Lipinski definition) is 2. The standard InChI is InChI=1S/C18H35O2/c1-2-3-4-5-6-7-8-9-10-11-12-13-14-15-17-20-18-16-19/h16,18H,2-15,17H2,1H3. The number of rotatable bonds is 17. The van der Waals surface area contributed by atoms with Crippen molar-refractivity contribution in [3.05, 3.63) is 6.61 Å². The van der Waals surface area contributed by atoms with Crippen molar-refractivity contribution < 1.29 is 9.53 Å². The van der Waals surface area contributed by atoms with Gasteiger partial charge in [0, 0.05) is 6.61 Å². The van der Waals surface area contributed by atoms with Crippen molar-refractivity contribution in [2.24, 2.45) is 0 Å². The van der Waals surface area contributed by atoms with Gasteiger partial charge in [0.2, 0.25) is 0 Å². The van der Waals surface area contributed by atoms with E-state index in [9.17, 15) is 4.79 Å². The lowest BCUT2D eigenvalue weighted by Gasteiger charge is -2.03. The van der Waals surface area contributed by atoms with Gasteiger partial charge in [-0.05, 0) is 6.42 Å². The highest BCUT2D eigenvalue weighted by molar-refractivity contribution is 5.58. The highest BCUT2D eigenvalue weighted by atomic mass is 16.5. The Bertz CT molecular complexity index is 180. The van der Waals surface area contributed by atoms with E-state index in [4.69, 9.17) is 4.74 Å². The van der Waals surface area contributed by atoms with E-state index >= 15 is 0 Å². The first-order valence-corrected chi connectivity index (χ1v) is 8.80. The smallest absolute Gasteiger partial charge is 0.151 e. The van der Waals surface area contributed by atoms with E-state index in [1.165, 1.54) is 90.1 Å². The van der Waals surface area contributed by atoms with Crippen molar-refractivity contribution in [3.63, 3.8) is 0 Å². The minimum atomic E-state index is 0.691. The minimum Gasteiger partial charge on any atom is -0.368 e. The first-order chi connectivity index (χ1) is 9.91. The molecule has 0 saturated heterocycles. The molecule has 0 aliphatic rings. The lowest BCUT2D eigenvalue weighted by Crippen LogP contribution is -1.92. The van der Waals surface area contributed by atoms with E-state index in [1.54, 1.807) is 0 Å². The van der Waals surface area contributed by atoms with Gasteiger partial charge in [-0.2, -0.15) is 0 Å². The van der Waals surface area contributed by atoms with Crippen molar-refractivity contribution in [1.82, 2.24) is 0 Å². The predicted octanol–water partition coefficient (Wildman–Crippen LogP) is 5.84. The molecule has 0 spiro atoms. The van der Waals surface area contributed by atoms with Crippen LogP contribution in [0.25, 0.3) is 0 Å². The Morgan fingerprint density at radius 3 is 1.45 bits per heavy atom. The molecule has 0 heterocycles. The molecule has 0 aromatic carbocycles. The highest BCUT2D eigenvalue weighted by Crippen LogP contribution is 2.12. The fraction of sp³-hybridized carbons (Fsp3) is 0.889. The van der Waals surface area contributed by atoms with Crippen LogP contribution in [0.4, 0.5) is 0 Å². The maximum atomic E-state index is 9.97. The zero-order valence-electron chi connectivity index (χ0n) is 13.6. The van der Waals surface area contributed by atoms with Crippen LogP contribution in [0.3, 0.4) is 0 Å². The Morgan fingerprint density at radius 2 is 1.05 bits per heavy atom. The summed E-state index contributed by atoms with van der Waals surface area (Å²) in [5, 5.41) is 0. The van der Waals surface area contributed by atoms with Crippen LogP contribution in [0, 0.1) is 6.61 Å². The van der Waals surface area contributed by atoms with E-state index in [0.717, 1.165) is 6.42 Å². The predicted molar refractivity (Wildman–Crippen MR) is 86.6 cm³/mol. The first kappa shape index (κ1) is 19.6. The van der Waals surface area contributed by atoms with Gasteiger partial charge in [0.05, 0.1) is 0 Å². The maximum Gasteiger partial charge on any atom is 0.151 e. The summed E-state index contributed by atoms with van der Waals surface area (Å²) in [6, 6.07) is 0. The molecule has 2 nitrogen and oxygen atoms in total. The zero-order chi connectivity index (χ0) is 14.7. The number of hydrogen-bond donors (Lipinski definition) is 0. The van der Waals surface area contributed by atoms with Crippen molar-refractivity contribution in [2.45, 2.75) is 96.8 Å². The monoisotopic (exact) mass is 283 g/mol. The van der Waals surface area contributed by atoms with Crippen LogP contribution in [-0.4, -0.2) is 12.9 Å². The molecule has 1 radical (unpaired) electrons. The Hall–Kier alpha value is -0.370. The van der Waals surface area contributed by atoms with Crippen LogP contribution in [0.1, 0.15) is 96.8 Å². The summed E-state index contributed by atoms with van der Waals surface area (Å²) in [6.45, 7) is 4.20. The van der Waals surface area contributed by atoms with Crippen molar-refractivity contribution in [3.8, 4) is 0 Å². The number of carbonyl (C=O) groups is 1. The topological polar surface area (TPSA) is 26.3 Å². The van der Waals surface area contributed by atoms with Gasteiger partial charge in [-0.1, -0.05) is 90.4 Å². The van der Waals surface area contributed by atoms with Crippen LogP contribution in [0.2, 0.25) is 0 Å². The van der Waals surface area contributed by atoms with Gasteiger partial charge in [0.25, 0.3) is 0 Å². The lowest BCUT2D eigenvalue weighted by atomic mass is 10.0. The van der Waals surface area contributed by atoms with Gasteiger partial charge >= 0.3 is 0 Å². The second kappa shape index (κ2) is 18.6. The normalized spacial score (nSPS) is 10.8. The molecule has 0 aliphatic carbocycles. The summed E-state index contributed by atoms with van der Waals surface area (Å²) >= 11 is 0. The fourth-order valence-corrected chi connectivity index (χ4v) is 2.49. The van der Waals surface area contributed by atoms with Crippen LogP contribution < -0.4 is 0 Å². The molecule has 0 aromatic rings. The third-order valence-corrected chi connectivity index (χ3v) is 3.77. The molecule has 0 N–H and O–H groups in total. The van der Waals surface area contributed by atoms with Gasteiger partial charge in [0.15, 0.2) is 6.29 Å². The molecule has 0 rings (SSSR count). The van der Waals surface area contributed by atoms with Crippen molar-refractivity contribution in [2.75, 3.05) is 6.61 Å². The Labute approximate surface area is 126 Å². The number of carbonyl (C=O) groups excluding carboxylic acids is 1. The van der Waals surface area contributed by atoms with Gasteiger partial charge in [-0.15, -0.1) is 0 Å². The number of ether oxygens (including phenoxy) is 1. The summed E-state index contributed by atoms with van der Waals surface area (Å²) in [5.74, 6) is 0. The Morgan fingerprint density at radius 1 is 0.650 bits per heavy atom. The molecular weight excluding hydrogens is 248 g/mol. The SMILES string of the molecule is CCCCCCCCCCCCCCCCO[CH]C=O. The highest BCUT2D eigenvalue weighted by Gasteiger charge is 1.94. The van der Waals surface area contributed by atoms with E-state index in [-0.39, 0.29) is 0 Å². The van der Waals surface area contributed by atoms with Crippen LogP contribution >= 0.6 is 0 Å². The average molecular weight is 283 g/mol. The molecule has 119 valence electrons. The molecule has 0 atom stereocenters. The molecule has 0 unspecified atom stereocenters. The van der Waals surface area contributed by atoms with E-state index in [2.05, 4.69) is 6.92 Å². The molecule has 0 saturated carbocycles. The molecule has 20 heavy (non-hydrogen) atoms. The second-order valence-electron chi connectivity index (χ2n) is 5.74. The molecule has 0 bridgehead atoms. The Kier molecular flexibility index (Phi) is 18.3. The van der Waals surface area contributed by atoms with Crippen LogP contribution in [0.15, 0.2) is 0 Å². The lowest BCUT2D eigenvalue weighted by molar-refractivity contribution is -0.108. The average Bonchev–Trinajstić information content (AvgIpc) is 2.47. The first-order valence-electron chi connectivity index (χ1n) is 8.80. The number of unbranched alkanes of at least 4 members (excludes halogenated alkanes) is 13. The summed E-state index contributed by atoms with van der Waals surface area (Å²) in [7, 11) is 0. The molecule has 0 fully saturated rings. The van der Waals surface area contributed by atoms with Gasteiger partial charge in [-0.25, -0.2) is 0 Å². The third kappa shape index (κ3) is 17.6. The molecule has 0 aromatic heterocycles.